The van der Waals surface area contributed by atoms with Crippen LogP contribution in [0, 0.1) is 5.41 Å². The number of amides is 2. The summed E-state index contributed by atoms with van der Waals surface area (Å²) in [4.78, 5) is 36.8. The largest absolute Gasteiger partial charge is 0.495 e. The Hall–Kier alpha value is -3.15. The summed E-state index contributed by atoms with van der Waals surface area (Å²) in [7, 11) is 1.52. The highest BCUT2D eigenvalue weighted by Crippen LogP contribution is 2.48. The third-order valence-electron chi connectivity index (χ3n) is 4.50. The predicted octanol–water partition coefficient (Wildman–Crippen LogP) is 3.26. The molecule has 134 valence electrons. The summed E-state index contributed by atoms with van der Waals surface area (Å²) in [5.41, 5.74) is 0.440. The Balaban J connectivity index is 1.73. The Morgan fingerprint density at radius 2 is 1.65 bits per heavy atom. The maximum Gasteiger partial charge on any atom is 0.240 e. The zero-order valence-electron chi connectivity index (χ0n) is 14.7. The van der Waals surface area contributed by atoms with Crippen molar-refractivity contribution in [3.8, 4) is 5.75 Å². The Labute approximate surface area is 151 Å². The molecule has 1 aliphatic carbocycles. The van der Waals surface area contributed by atoms with Gasteiger partial charge in [-0.05, 0) is 44.0 Å². The van der Waals surface area contributed by atoms with E-state index >= 15 is 0 Å². The molecule has 1 aliphatic rings. The summed E-state index contributed by atoms with van der Waals surface area (Å²) < 4.78 is 5.22. The standard InChI is InChI=1S/C20H20N2O4/c1-13(23)14-6-5-7-15(12-14)21-18(24)20(10-11-20)19(25)22-16-8-3-4-9-17(16)26-2/h3-9,12H,10-11H2,1-2H3,(H,21,24)(H,22,25). The Morgan fingerprint density at radius 3 is 2.31 bits per heavy atom. The highest BCUT2D eigenvalue weighted by Gasteiger charge is 2.56. The van der Waals surface area contributed by atoms with E-state index in [1.807, 2.05) is 0 Å². The molecule has 6 nitrogen and oxygen atoms in total. The highest BCUT2D eigenvalue weighted by molar-refractivity contribution is 6.17. The molecule has 1 fully saturated rings. The van der Waals surface area contributed by atoms with Crippen LogP contribution in [0.2, 0.25) is 0 Å². The van der Waals surface area contributed by atoms with Gasteiger partial charge in [-0.3, -0.25) is 14.4 Å². The van der Waals surface area contributed by atoms with Crippen molar-refractivity contribution in [2.24, 2.45) is 5.41 Å². The number of rotatable bonds is 6. The maximum absolute atomic E-state index is 12.7. The lowest BCUT2D eigenvalue weighted by molar-refractivity contribution is -0.131. The van der Waals surface area contributed by atoms with Gasteiger partial charge in [-0.15, -0.1) is 0 Å². The van der Waals surface area contributed by atoms with Gasteiger partial charge in [0.05, 0.1) is 12.8 Å². The average molecular weight is 352 g/mol. The molecule has 0 radical (unpaired) electrons. The fraction of sp³-hybridized carbons (Fsp3) is 0.250. The second-order valence-electron chi connectivity index (χ2n) is 6.33. The van der Waals surface area contributed by atoms with Crippen LogP contribution >= 0.6 is 0 Å². The van der Waals surface area contributed by atoms with Crippen LogP contribution in [0.3, 0.4) is 0 Å². The van der Waals surface area contributed by atoms with E-state index < -0.39 is 5.41 Å². The molecule has 0 saturated heterocycles. The number of benzene rings is 2. The van der Waals surface area contributed by atoms with E-state index in [9.17, 15) is 14.4 Å². The second kappa shape index (κ2) is 7.00. The Kier molecular flexibility index (Phi) is 4.75. The van der Waals surface area contributed by atoms with Crippen molar-refractivity contribution in [1.82, 2.24) is 0 Å². The van der Waals surface area contributed by atoms with Gasteiger partial charge in [0.25, 0.3) is 0 Å². The van der Waals surface area contributed by atoms with E-state index in [4.69, 9.17) is 4.74 Å². The number of anilines is 2. The van der Waals surface area contributed by atoms with Gasteiger partial charge in [0.1, 0.15) is 11.2 Å². The van der Waals surface area contributed by atoms with Gasteiger partial charge in [0.15, 0.2) is 5.78 Å². The first kappa shape index (κ1) is 17.7. The highest BCUT2D eigenvalue weighted by atomic mass is 16.5. The van der Waals surface area contributed by atoms with Gasteiger partial charge in [0, 0.05) is 11.3 Å². The average Bonchev–Trinajstić information content (AvgIpc) is 3.44. The number of hydrogen-bond acceptors (Lipinski definition) is 4. The molecule has 0 bridgehead atoms. The zero-order valence-corrected chi connectivity index (χ0v) is 14.7. The first-order valence-corrected chi connectivity index (χ1v) is 8.33. The van der Waals surface area contributed by atoms with Gasteiger partial charge >= 0.3 is 0 Å². The van der Waals surface area contributed by atoms with E-state index in [1.54, 1.807) is 48.5 Å². The minimum atomic E-state index is -1.09. The smallest absolute Gasteiger partial charge is 0.240 e. The normalized spacial score (nSPS) is 14.2. The fourth-order valence-electron chi connectivity index (χ4n) is 2.74. The lowest BCUT2D eigenvalue weighted by atomic mass is 10.0. The summed E-state index contributed by atoms with van der Waals surface area (Å²) in [6, 6.07) is 13.7. The summed E-state index contributed by atoms with van der Waals surface area (Å²) >= 11 is 0. The number of carbonyl (C=O) groups excluding carboxylic acids is 3. The van der Waals surface area contributed by atoms with Gasteiger partial charge in [0.2, 0.25) is 11.8 Å². The minimum Gasteiger partial charge on any atom is -0.495 e. The third-order valence-corrected chi connectivity index (χ3v) is 4.50. The van der Waals surface area contributed by atoms with Gasteiger partial charge in [-0.2, -0.15) is 0 Å². The first-order chi connectivity index (χ1) is 12.5. The minimum absolute atomic E-state index is 0.0869. The van der Waals surface area contributed by atoms with Crippen LogP contribution in [0.1, 0.15) is 30.1 Å². The quantitative estimate of drug-likeness (QED) is 0.617. The molecular weight excluding hydrogens is 332 g/mol. The summed E-state index contributed by atoms with van der Waals surface area (Å²) in [5.74, 6) is -0.282. The number of ketones is 1. The summed E-state index contributed by atoms with van der Waals surface area (Å²) in [5, 5.41) is 5.53. The van der Waals surface area contributed by atoms with Gasteiger partial charge < -0.3 is 15.4 Å². The lowest BCUT2D eigenvalue weighted by Crippen LogP contribution is -2.35. The topological polar surface area (TPSA) is 84.5 Å². The monoisotopic (exact) mass is 352 g/mol. The number of para-hydroxylation sites is 2. The van der Waals surface area contributed by atoms with Gasteiger partial charge in [-0.1, -0.05) is 24.3 Å². The molecule has 2 amide bonds. The van der Waals surface area contributed by atoms with Crippen LogP contribution in [-0.2, 0) is 9.59 Å². The summed E-state index contributed by atoms with van der Waals surface area (Å²) in [6.45, 7) is 1.46. The third kappa shape index (κ3) is 3.44. The molecule has 0 aliphatic heterocycles. The predicted molar refractivity (Wildman–Crippen MR) is 98.4 cm³/mol. The molecular formula is C20H20N2O4. The van der Waals surface area contributed by atoms with Crippen molar-refractivity contribution < 1.29 is 19.1 Å². The number of Topliss-reactive ketones (excluding diaryl/α,β-unsaturated/α-hetero) is 1. The molecule has 2 aromatic rings. The van der Waals surface area contributed by atoms with Crippen LogP contribution < -0.4 is 15.4 Å². The number of methoxy groups -OCH3 is 1. The van der Waals surface area contributed by atoms with Crippen LogP contribution in [0.5, 0.6) is 5.75 Å². The molecule has 6 heteroatoms. The van der Waals surface area contributed by atoms with E-state index in [0.717, 1.165) is 0 Å². The van der Waals surface area contributed by atoms with Crippen LogP contribution in [-0.4, -0.2) is 24.7 Å². The number of nitrogens with one attached hydrogen (secondary N) is 2. The first-order valence-electron chi connectivity index (χ1n) is 8.33. The van der Waals surface area contributed by atoms with E-state index in [1.165, 1.54) is 14.0 Å². The molecule has 1 saturated carbocycles. The lowest BCUT2D eigenvalue weighted by Gasteiger charge is -2.17. The molecule has 26 heavy (non-hydrogen) atoms. The molecule has 2 aromatic carbocycles. The van der Waals surface area contributed by atoms with E-state index in [2.05, 4.69) is 10.6 Å². The van der Waals surface area contributed by atoms with Crippen molar-refractivity contribution in [2.75, 3.05) is 17.7 Å². The van der Waals surface area contributed by atoms with Crippen LogP contribution in [0.4, 0.5) is 11.4 Å². The van der Waals surface area contributed by atoms with Crippen LogP contribution in [0.25, 0.3) is 0 Å². The van der Waals surface area contributed by atoms with Crippen molar-refractivity contribution in [2.45, 2.75) is 19.8 Å². The summed E-state index contributed by atoms with van der Waals surface area (Å²) in [6.07, 6.45) is 0.957. The fourth-order valence-corrected chi connectivity index (χ4v) is 2.74. The Morgan fingerprint density at radius 1 is 0.962 bits per heavy atom. The zero-order chi connectivity index (χ0) is 18.7. The van der Waals surface area contributed by atoms with Crippen molar-refractivity contribution >= 4 is 29.0 Å². The van der Waals surface area contributed by atoms with Crippen LogP contribution in [0.15, 0.2) is 48.5 Å². The number of ether oxygens (including phenoxy) is 1. The number of carbonyl (C=O) groups is 3. The molecule has 0 spiro atoms. The SMILES string of the molecule is COc1ccccc1NC(=O)C1(C(=O)Nc2cccc(C(C)=O)c2)CC1. The van der Waals surface area contributed by atoms with Crippen molar-refractivity contribution in [1.29, 1.82) is 0 Å². The second-order valence-corrected chi connectivity index (χ2v) is 6.33. The molecule has 0 heterocycles. The Bertz CT molecular complexity index is 872. The van der Waals surface area contributed by atoms with Crippen molar-refractivity contribution in [3.63, 3.8) is 0 Å². The molecule has 0 atom stereocenters. The maximum atomic E-state index is 12.7. The molecule has 0 unspecified atom stereocenters. The van der Waals surface area contributed by atoms with E-state index in [-0.39, 0.29) is 17.6 Å². The number of hydrogen-bond donors (Lipinski definition) is 2. The molecule has 2 N–H and O–H groups in total. The van der Waals surface area contributed by atoms with E-state index in [0.29, 0.717) is 35.5 Å². The molecule has 3 rings (SSSR count). The van der Waals surface area contributed by atoms with Gasteiger partial charge in [-0.25, -0.2) is 0 Å². The molecule has 0 aromatic heterocycles. The van der Waals surface area contributed by atoms with Crippen molar-refractivity contribution in [3.05, 3.63) is 54.1 Å².